The molecule has 1 aliphatic rings. The molecule has 0 radical (unpaired) electrons. The van der Waals surface area contributed by atoms with Gasteiger partial charge in [-0.2, -0.15) is 0 Å². The first kappa shape index (κ1) is 22.4. The van der Waals surface area contributed by atoms with E-state index in [0.29, 0.717) is 35.4 Å². The SMILES string of the molecule is [C-]#[N+]c1cc(Cc2nccc(Nc3ccnc(-c4cccc(C)n4)n3)n2)ccc1N1CCNCC1. The van der Waals surface area contributed by atoms with Crippen LogP contribution >= 0.6 is 0 Å². The quantitative estimate of drug-likeness (QED) is 0.415. The van der Waals surface area contributed by atoms with Gasteiger partial charge in [-0.05, 0) is 37.3 Å². The van der Waals surface area contributed by atoms with Crippen LogP contribution in [0.4, 0.5) is 23.0 Å². The maximum Gasteiger partial charge on any atom is 0.210 e. The lowest BCUT2D eigenvalue weighted by Gasteiger charge is -2.30. The molecule has 0 spiro atoms. The number of anilines is 3. The van der Waals surface area contributed by atoms with Crippen LogP contribution in [0.3, 0.4) is 0 Å². The van der Waals surface area contributed by atoms with Gasteiger partial charge in [-0.15, -0.1) is 0 Å². The van der Waals surface area contributed by atoms with Gasteiger partial charge in [0.2, 0.25) is 5.69 Å². The Morgan fingerprint density at radius 1 is 0.971 bits per heavy atom. The highest BCUT2D eigenvalue weighted by molar-refractivity contribution is 5.72. The van der Waals surface area contributed by atoms with E-state index in [9.17, 15) is 0 Å². The van der Waals surface area contributed by atoms with Crippen LogP contribution in [-0.2, 0) is 6.42 Å². The van der Waals surface area contributed by atoms with E-state index in [4.69, 9.17) is 6.57 Å². The standard InChI is InChI=1S/C26H25N9/c1-18-4-3-5-20(31-18)26-30-11-9-24(34-26)32-23-8-10-29-25(33-23)17-19-6-7-22(21(16-19)27-2)35-14-12-28-13-15-35/h3-11,16,28H,12-15,17H2,1H3,(H,29,30,32,33,34). The van der Waals surface area contributed by atoms with Crippen molar-refractivity contribution in [3.05, 3.63) is 89.4 Å². The Labute approximate surface area is 204 Å². The lowest BCUT2D eigenvalue weighted by atomic mass is 10.1. The van der Waals surface area contributed by atoms with Crippen molar-refractivity contribution in [2.45, 2.75) is 13.3 Å². The highest BCUT2D eigenvalue weighted by Gasteiger charge is 2.15. The molecule has 0 atom stereocenters. The Kier molecular flexibility index (Phi) is 6.55. The molecule has 9 heteroatoms. The monoisotopic (exact) mass is 463 g/mol. The molecule has 1 saturated heterocycles. The maximum absolute atomic E-state index is 7.65. The minimum Gasteiger partial charge on any atom is -0.378 e. The molecule has 0 unspecified atom stereocenters. The van der Waals surface area contributed by atoms with E-state index >= 15 is 0 Å². The number of aromatic nitrogens is 5. The third kappa shape index (κ3) is 5.39. The van der Waals surface area contributed by atoms with Crippen molar-refractivity contribution in [2.75, 3.05) is 36.4 Å². The van der Waals surface area contributed by atoms with E-state index in [-0.39, 0.29) is 0 Å². The third-order valence-corrected chi connectivity index (χ3v) is 5.71. The Morgan fingerprint density at radius 3 is 2.57 bits per heavy atom. The molecule has 0 aliphatic carbocycles. The number of rotatable bonds is 6. The molecule has 1 aromatic carbocycles. The number of aryl methyl sites for hydroxylation is 1. The van der Waals surface area contributed by atoms with E-state index in [0.717, 1.165) is 48.8 Å². The van der Waals surface area contributed by atoms with Crippen LogP contribution in [0.2, 0.25) is 0 Å². The van der Waals surface area contributed by atoms with Crippen molar-refractivity contribution in [3.8, 4) is 11.5 Å². The van der Waals surface area contributed by atoms with Crippen LogP contribution in [0.5, 0.6) is 0 Å². The van der Waals surface area contributed by atoms with Crippen LogP contribution in [0, 0.1) is 13.5 Å². The molecule has 174 valence electrons. The summed E-state index contributed by atoms with van der Waals surface area (Å²) < 4.78 is 0. The predicted molar refractivity (Wildman–Crippen MR) is 136 cm³/mol. The molecular formula is C26H25N9. The van der Waals surface area contributed by atoms with Crippen LogP contribution < -0.4 is 15.5 Å². The Balaban J connectivity index is 1.32. The Bertz CT molecular complexity index is 1370. The van der Waals surface area contributed by atoms with Gasteiger partial charge in [0.15, 0.2) is 5.82 Å². The molecule has 1 aliphatic heterocycles. The summed E-state index contributed by atoms with van der Waals surface area (Å²) in [5.74, 6) is 2.47. The minimum absolute atomic E-state index is 0.530. The number of piperazine rings is 1. The fourth-order valence-electron chi connectivity index (χ4n) is 4.03. The zero-order valence-corrected chi connectivity index (χ0v) is 19.4. The molecule has 3 aromatic heterocycles. The molecule has 0 amide bonds. The first-order valence-electron chi connectivity index (χ1n) is 11.5. The Morgan fingerprint density at radius 2 is 1.77 bits per heavy atom. The van der Waals surface area contributed by atoms with Crippen molar-refractivity contribution in [1.29, 1.82) is 0 Å². The van der Waals surface area contributed by atoms with E-state index in [1.165, 1.54) is 0 Å². The summed E-state index contributed by atoms with van der Waals surface area (Å²) in [6.07, 6.45) is 3.95. The van der Waals surface area contributed by atoms with Crippen molar-refractivity contribution in [2.24, 2.45) is 0 Å². The van der Waals surface area contributed by atoms with Gasteiger partial charge in [0.1, 0.15) is 23.2 Å². The fraction of sp³-hybridized carbons (Fsp3) is 0.231. The summed E-state index contributed by atoms with van der Waals surface area (Å²) in [4.78, 5) is 28.5. The number of nitrogens with one attached hydrogen (secondary N) is 2. The lowest BCUT2D eigenvalue weighted by molar-refractivity contribution is 0.590. The van der Waals surface area contributed by atoms with Gasteiger partial charge < -0.3 is 15.5 Å². The fourth-order valence-corrected chi connectivity index (χ4v) is 4.03. The zero-order valence-electron chi connectivity index (χ0n) is 19.4. The summed E-state index contributed by atoms with van der Waals surface area (Å²) in [5, 5.41) is 6.59. The van der Waals surface area contributed by atoms with Gasteiger partial charge in [0.05, 0.1) is 6.57 Å². The number of nitrogens with zero attached hydrogens (tertiary/aromatic N) is 7. The van der Waals surface area contributed by atoms with Crippen LogP contribution in [0.1, 0.15) is 17.1 Å². The second kappa shape index (κ2) is 10.2. The van der Waals surface area contributed by atoms with E-state index in [1.54, 1.807) is 24.5 Å². The molecular weight excluding hydrogens is 438 g/mol. The molecule has 4 heterocycles. The minimum atomic E-state index is 0.530. The first-order chi connectivity index (χ1) is 17.2. The summed E-state index contributed by atoms with van der Waals surface area (Å²) in [7, 11) is 0. The molecule has 1 fully saturated rings. The molecule has 9 nitrogen and oxygen atoms in total. The van der Waals surface area contributed by atoms with Gasteiger partial charge in [-0.25, -0.2) is 29.8 Å². The molecule has 35 heavy (non-hydrogen) atoms. The van der Waals surface area contributed by atoms with Gasteiger partial charge in [0, 0.05) is 56.4 Å². The third-order valence-electron chi connectivity index (χ3n) is 5.71. The number of pyridine rings is 1. The number of hydrogen-bond donors (Lipinski definition) is 2. The Hall–Kier alpha value is -4.42. The highest BCUT2D eigenvalue weighted by Crippen LogP contribution is 2.31. The molecule has 0 saturated carbocycles. The highest BCUT2D eigenvalue weighted by atomic mass is 15.2. The van der Waals surface area contributed by atoms with Gasteiger partial charge in [-0.1, -0.05) is 23.8 Å². The van der Waals surface area contributed by atoms with Crippen LogP contribution in [0.25, 0.3) is 16.4 Å². The molecule has 0 bridgehead atoms. The van der Waals surface area contributed by atoms with Gasteiger partial charge >= 0.3 is 0 Å². The summed E-state index contributed by atoms with van der Waals surface area (Å²) >= 11 is 0. The van der Waals surface area contributed by atoms with Gasteiger partial charge in [0.25, 0.3) is 0 Å². The normalized spacial score (nSPS) is 13.3. The second-order valence-corrected chi connectivity index (χ2v) is 8.26. The van der Waals surface area contributed by atoms with Crippen LogP contribution in [0.15, 0.2) is 60.9 Å². The van der Waals surface area contributed by atoms with Crippen molar-refractivity contribution in [1.82, 2.24) is 30.2 Å². The number of hydrogen-bond acceptors (Lipinski definition) is 8. The lowest BCUT2D eigenvalue weighted by Crippen LogP contribution is -2.43. The van der Waals surface area contributed by atoms with E-state index in [1.807, 2.05) is 37.3 Å². The van der Waals surface area contributed by atoms with Crippen molar-refractivity contribution < 1.29 is 0 Å². The van der Waals surface area contributed by atoms with Crippen LogP contribution in [-0.4, -0.2) is 51.1 Å². The zero-order chi connectivity index (χ0) is 24.0. The van der Waals surface area contributed by atoms with Gasteiger partial charge in [-0.3, -0.25) is 0 Å². The van der Waals surface area contributed by atoms with Crippen molar-refractivity contribution in [3.63, 3.8) is 0 Å². The molecule has 2 N–H and O–H groups in total. The summed E-state index contributed by atoms with van der Waals surface area (Å²) in [6, 6.07) is 15.4. The second-order valence-electron chi connectivity index (χ2n) is 8.26. The number of benzene rings is 1. The van der Waals surface area contributed by atoms with E-state index < -0.39 is 0 Å². The summed E-state index contributed by atoms with van der Waals surface area (Å²) in [6.45, 7) is 13.3. The smallest absolute Gasteiger partial charge is 0.210 e. The predicted octanol–water partition coefficient (Wildman–Crippen LogP) is 3.93. The van der Waals surface area contributed by atoms with Crippen molar-refractivity contribution >= 4 is 23.0 Å². The maximum atomic E-state index is 7.65. The van der Waals surface area contributed by atoms with E-state index in [2.05, 4.69) is 51.4 Å². The topological polar surface area (TPSA) is 96.1 Å². The first-order valence-corrected chi connectivity index (χ1v) is 11.5. The summed E-state index contributed by atoms with van der Waals surface area (Å²) in [5.41, 5.74) is 4.28. The average Bonchev–Trinajstić information content (AvgIpc) is 2.89. The molecule has 4 aromatic rings. The molecule has 5 rings (SSSR count). The average molecular weight is 464 g/mol. The largest absolute Gasteiger partial charge is 0.378 e.